The SMILES string of the molecule is CC1CN(C(=O)CC2CC2)CC(CN)O1. The molecule has 2 fully saturated rings. The number of morpholine rings is 1. The zero-order chi connectivity index (χ0) is 10.8. The molecule has 2 rings (SSSR count). The van der Waals surface area contributed by atoms with Gasteiger partial charge in [0.25, 0.3) is 0 Å². The molecule has 2 N–H and O–H groups in total. The van der Waals surface area contributed by atoms with E-state index in [1.807, 2.05) is 11.8 Å². The Kier molecular flexibility index (Phi) is 3.26. The number of ether oxygens (including phenoxy) is 1. The van der Waals surface area contributed by atoms with Gasteiger partial charge in [-0.2, -0.15) is 0 Å². The van der Waals surface area contributed by atoms with Crippen LogP contribution in [0.1, 0.15) is 26.2 Å². The van der Waals surface area contributed by atoms with E-state index >= 15 is 0 Å². The molecule has 0 aromatic heterocycles. The molecule has 0 bridgehead atoms. The zero-order valence-corrected chi connectivity index (χ0v) is 9.32. The molecule has 2 aliphatic rings. The summed E-state index contributed by atoms with van der Waals surface area (Å²) in [6, 6.07) is 0. The van der Waals surface area contributed by atoms with Gasteiger partial charge in [0.1, 0.15) is 0 Å². The van der Waals surface area contributed by atoms with Crippen molar-refractivity contribution in [1.29, 1.82) is 0 Å². The maximum atomic E-state index is 11.9. The molecular formula is C11H20N2O2. The van der Waals surface area contributed by atoms with E-state index in [4.69, 9.17) is 10.5 Å². The van der Waals surface area contributed by atoms with Crippen LogP contribution in [-0.2, 0) is 9.53 Å². The number of nitrogens with zero attached hydrogens (tertiary/aromatic N) is 1. The molecule has 15 heavy (non-hydrogen) atoms. The number of hydrogen-bond acceptors (Lipinski definition) is 3. The Morgan fingerprint density at radius 2 is 2.20 bits per heavy atom. The normalized spacial score (nSPS) is 31.7. The molecular weight excluding hydrogens is 192 g/mol. The number of amides is 1. The lowest BCUT2D eigenvalue weighted by molar-refractivity contribution is -0.144. The van der Waals surface area contributed by atoms with Gasteiger partial charge in [-0.1, -0.05) is 0 Å². The average Bonchev–Trinajstić information content (AvgIpc) is 3.00. The number of carbonyl (C=O) groups excluding carboxylic acids is 1. The van der Waals surface area contributed by atoms with Gasteiger partial charge in [-0.05, 0) is 25.7 Å². The third kappa shape index (κ3) is 2.92. The van der Waals surface area contributed by atoms with Crippen molar-refractivity contribution in [2.24, 2.45) is 11.7 Å². The third-order valence-corrected chi connectivity index (χ3v) is 3.10. The molecule has 0 spiro atoms. The quantitative estimate of drug-likeness (QED) is 0.735. The summed E-state index contributed by atoms with van der Waals surface area (Å²) in [6.45, 7) is 3.89. The molecule has 0 aromatic rings. The fraction of sp³-hybridized carbons (Fsp3) is 0.909. The molecule has 2 unspecified atom stereocenters. The van der Waals surface area contributed by atoms with Gasteiger partial charge in [0.05, 0.1) is 12.2 Å². The van der Waals surface area contributed by atoms with Crippen LogP contribution in [0.3, 0.4) is 0 Å². The van der Waals surface area contributed by atoms with Crippen LogP contribution < -0.4 is 5.73 Å². The Labute approximate surface area is 90.8 Å². The number of rotatable bonds is 3. The van der Waals surface area contributed by atoms with Gasteiger partial charge in [0, 0.05) is 26.1 Å². The Morgan fingerprint density at radius 3 is 2.80 bits per heavy atom. The summed E-state index contributed by atoms with van der Waals surface area (Å²) in [5.41, 5.74) is 5.58. The summed E-state index contributed by atoms with van der Waals surface area (Å²) < 4.78 is 5.62. The van der Waals surface area contributed by atoms with Gasteiger partial charge in [0.15, 0.2) is 0 Å². The summed E-state index contributed by atoms with van der Waals surface area (Å²) in [4.78, 5) is 13.8. The largest absolute Gasteiger partial charge is 0.370 e. The maximum absolute atomic E-state index is 11.9. The van der Waals surface area contributed by atoms with E-state index in [0.717, 1.165) is 13.0 Å². The summed E-state index contributed by atoms with van der Waals surface area (Å²) in [5, 5.41) is 0. The first-order chi connectivity index (χ1) is 7.19. The van der Waals surface area contributed by atoms with Crippen LogP contribution in [0.25, 0.3) is 0 Å². The van der Waals surface area contributed by atoms with Crippen molar-refractivity contribution in [3.63, 3.8) is 0 Å². The molecule has 4 nitrogen and oxygen atoms in total. The minimum atomic E-state index is 0.0249. The first kappa shape index (κ1) is 10.9. The molecule has 1 saturated heterocycles. The fourth-order valence-corrected chi connectivity index (χ4v) is 2.08. The zero-order valence-electron chi connectivity index (χ0n) is 9.32. The Balaban J connectivity index is 1.86. The van der Waals surface area contributed by atoms with Crippen molar-refractivity contribution in [2.75, 3.05) is 19.6 Å². The smallest absolute Gasteiger partial charge is 0.223 e. The van der Waals surface area contributed by atoms with Crippen LogP contribution in [0.15, 0.2) is 0 Å². The van der Waals surface area contributed by atoms with E-state index < -0.39 is 0 Å². The van der Waals surface area contributed by atoms with E-state index in [9.17, 15) is 4.79 Å². The molecule has 1 amide bonds. The predicted octanol–water partition coefficient (Wildman–Crippen LogP) is 0.361. The minimum Gasteiger partial charge on any atom is -0.370 e. The Hall–Kier alpha value is -0.610. The average molecular weight is 212 g/mol. The van der Waals surface area contributed by atoms with Crippen molar-refractivity contribution in [1.82, 2.24) is 4.90 Å². The van der Waals surface area contributed by atoms with Crippen molar-refractivity contribution in [2.45, 2.75) is 38.4 Å². The van der Waals surface area contributed by atoms with Crippen LogP contribution in [-0.4, -0.2) is 42.6 Å². The summed E-state index contributed by atoms with van der Waals surface area (Å²) in [6.07, 6.45) is 3.33. The molecule has 86 valence electrons. The van der Waals surface area contributed by atoms with Gasteiger partial charge in [-0.15, -0.1) is 0 Å². The molecule has 4 heteroatoms. The topological polar surface area (TPSA) is 55.6 Å². The van der Waals surface area contributed by atoms with Gasteiger partial charge >= 0.3 is 0 Å². The van der Waals surface area contributed by atoms with Crippen LogP contribution >= 0.6 is 0 Å². The van der Waals surface area contributed by atoms with Crippen molar-refractivity contribution in [3.05, 3.63) is 0 Å². The Morgan fingerprint density at radius 1 is 1.47 bits per heavy atom. The van der Waals surface area contributed by atoms with Gasteiger partial charge in [-0.3, -0.25) is 4.79 Å². The van der Waals surface area contributed by atoms with Crippen LogP contribution in [0, 0.1) is 5.92 Å². The molecule has 0 radical (unpaired) electrons. The first-order valence-corrected chi connectivity index (χ1v) is 5.82. The van der Waals surface area contributed by atoms with Crippen LogP contribution in [0.5, 0.6) is 0 Å². The van der Waals surface area contributed by atoms with Crippen LogP contribution in [0.4, 0.5) is 0 Å². The van der Waals surface area contributed by atoms with Crippen LogP contribution in [0.2, 0.25) is 0 Å². The number of carbonyl (C=O) groups is 1. The molecule has 1 heterocycles. The summed E-state index contributed by atoms with van der Waals surface area (Å²) in [7, 11) is 0. The standard InChI is InChI=1S/C11H20N2O2/c1-8-6-13(7-10(5-12)15-8)11(14)4-9-2-3-9/h8-10H,2-7,12H2,1H3. The van der Waals surface area contributed by atoms with Crippen molar-refractivity contribution >= 4 is 5.91 Å². The molecule has 1 aliphatic heterocycles. The molecule has 2 atom stereocenters. The van der Waals surface area contributed by atoms with E-state index in [1.54, 1.807) is 0 Å². The third-order valence-electron chi connectivity index (χ3n) is 3.10. The number of hydrogen-bond donors (Lipinski definition) is 1. The second-order valence-electron chi connectivity index (χ2n) is 4.75. The minimum absolute atomic E-state index is 0.0249. The lowest BCUT2D eigenvalue weighted by Gasteiger charge is -2.36. The van der Waals surface area contributed by atoms with Gasteiger partial charge in [0.2, 0.25) is 5.91 Å². The Bertz CT molecular complexity index is 241. The van der Waals surface area contributed by atoms with Crippen molar-refractivity contribution in [3.8, 4) is 0 Å². The van der Waals surface area contributed by atoms with E-state index in [2.05, 4.69) is 0 Å². The summed E-state index contributed by atoms with van der Waals surface area (Å²) in [5.74, 6) is 0.943. The monoisotopic (exact) mass is 212 g/mol. The van der Waals surface area contributed by atoms with E-state index in [0.29, 0.717) is 19.0 Å². The lowest BCUT2D eigenvalue weighted by Crippen LogP contribution is -2.51. The molecule has 0 aromatic carbocycles. The number of nitrogens with two attached hydrogens (primary N) is 1. The van der Waals surface area contributed by atoms with E-state index in [-0.39, 0.29) is 18.1 Å². The van der Waals surface area contributed by atoms with E-state index in [1.165, 1.54) is 12.8 Å². The predicted molar refractivity (Wildman–Crippen MR) is 57.3 cm³/mol. The molecule has 1 saturated carbocycles. The lowest BCUT2D eigenvalue weighted by atomic mass is 10.2. The van der Waals surface area contributed by atoms with Gasteiger partial charge in [-0.25, -0.2) is 0 Å². The highest BCUT2D eigenvalue weighted by Gasteiger charge is 2.31. The van der Waals surface area contributed by atoms with Gasteiger partial charge < -0.3 is 15.4 Å². The first-order valence-electron chi connectivity index (χ1n) is 5.82. The van der Waals surface area contributed by atoms with Crippen molar-refractivity contribution < 1.29 is 9.53 Å². The summed E-state index contributed by atoms with van der Waals surface area (Å²) >= 11 is 0. The molecule has 1 aliphatic carbocycles. The highest BCUT2D eigenvalue weighted by Crippen LogP contribution is 2.33. The second kappa shape index (κ2) is 4.49. The second-order valence-corrected chi connectivity index (χ2v) is 4.75. The fourth-order valence-electron chi connectivity index (χ4n) is 2.08. The highest BCUT2D eigenvalue weighted by molar-refractivity contribution is 5.76. The highest BCUT2D eigenvalue weighted by atomic mass is 16.5. The maximum Gasteiger partial charge on any atom is 0.223 e.